The molecule has 1 aromatic heterocycles. The Balaban J connectivity index is 1.92. The Morgan fingerprint density at radius 3 is 2.86 bits per heavy atom. The van der Waals surface area contributed by atoms with Crippen molar-refractivity contribution < 1.29 is 4.74 Å². The Bertz CT molecular complexity index is 914. The summed E-state index contributed by atoms with van der Waals surface area (Å²) in [6, 6.07) is 15.6. The number of aromatic amines is 1. The Morgan fingerprint density at radius 1 is 1.14 bits per heavy atom. The molecule has 4 rings (SSSR count). The van der Waals surface area contributed by atoms with Crippen molar-refractivity contribution in [2.75, 3.05) is 6.54 Å². The molecule has 0 saturated heterocycles. The minimum Gasteiger partial charge on any atom is -0.488 e. The molecule has 22 heavy (non-hydrogen) atoms. The minimum absolute atomic E-state index is 0.00399. The average Bonchev–Trinajstić information content (AvgIpc) is 2.97. The second kappa shape index (κ2) is 5.00. The average molecular weight is 292 g/mol. The van der Waals surface area contributed by atoms with Crippen molar-refractivity contribution >= 4 is 10.9 Å². The number of hydrogen-bond donors (Lipinski definition) is 2. The zero-order valence-corrected chi connectivity index (χ0v) is 12.0. The molecule has 4 nitrogen and oxygen atoms in total. The summed E-state index contributed by atoms with van der Waals surface area (Å²) < 4.78 is 5.93. The SMILES string of the molecule is NC[C@H]1Cc2cccc(-c3cc4ccccc4[nH]c3=O)c2O1. The third-order valence-corrected chi connectivity index (χ3v) is 4.14. The number of hydrogen-bond acceptors (Lipinski definition) is 3. The molecule has 1 aliphatic heterocycles. The molecule has 0 amide bonds. The highest BCUT2D eigenvalue weighted by molar-refractivity contribution is 5.85. The number of benzene rings is 2. The van der Waals surface area contributed by atoms with Crippen molar-refractivity contribution in [3.05, 3.63) is 64.4 Å². The molecule has 0 saturated carbocycles. The van der Waals surface area contributed by atoms with E-state index in [4.69, 9.17) is 10.5 Å². The van der Waals surface area contributed by atoms with Gasteiger partial charge in [-0.25, -0.2) is 0 Å². The standard InChI is InChI=1S/C18H16N2O2/c19-10-13-8-12-5-3-6-14(17(12)22-13)15-9-11-4-1-2-7-16(11)20-18(15)21/h1-7,9,13H,8,10,19H2,(H,20,21)/t13-/m1/s1. The van der Waals surface area contributed by atoms with Crippen molar-refractivity contribution in [3.8, 4) is 16.9 Å². The Morgan fingerprint density at radius 2 is 2.00 bits per heavy atom. The first-order valence-electron chi connectivity index (χ1n) is 7.37. The van der Waals surface area contributed by atoms with Crippen LogP contribution in [-0.2, 0) is 6.42 Å². The number of fused-ring (bicyclic) bond motifs is 2. The van der Waals surface area contributed by atoms with Gasteiger partial charge in [0.2, 0.25) is 0 Å². The first-order valence-corrected chi connectivity index (χ1v) is 7.37. The van der Waals surface area contributed by atoms with Gasteiger partial charge in [-0.1, -0.05) is 36.4 Å². The van der Waals surface area contributed by atoms with Crippen LogP contribution in [0.5, 0.6) is 5.75 Å². The lowest BCUT2D eigenvalue weighted by Crippen LogP contribution is -2.24. The number of para-hydroxylation sites is 2. The molecule has 0 unspecified atom stereocenters. The van der Waals surface area contributed by atoms with Crippen LogP contribution in [0.2, 0.25) is 0 Å². The van der Waals surface area contributed by atoms with Crippen LogP contribution in [0.1, 0.15) is 5.56 Å². The molecule has 110 valence electrons. The summed E-state index contributed by atoms with van der Waals surface area (Å²) >= 11 is 0. The second-order valence-electron chi connectivity index (χ2n) is 5.57. The smallest absolute Gasteiger partial charge is 0.256 e. The van der Waals surface area contributed by atoms with Crippen LogP contribution < -0.4 is 16.0 Å². The van der Waals surface area contributed by atoms with Gasteiger partial charge in [-0.2, -0.15) is 0 Å². The number of aromatic nitrogens is 1. The normalized spacial score (nSPS) is 16.5. The Kier molecular flexibility index (Phi) is 2.98. The monoisotopic (exact) mass is 292 g/mol. The lowest BCUT2D eigenvalue weighted by molar-refractivity contribution is 0.242. The molecular formula is C18H16N2O2. The third-order valence-electron chi connectivity index (χ3n) is 4.14. The molecule has 0 fully saturated rings. The van der Waals surface area contributed by atoms with Crippen molar-refractivity contribution in [3.63, 3.8) is 0 Å². The van der Waals surface area contributed by atoms with Gasteiger partial charge < -0.3 is 15.5 Å². The molecule has 2 aromatic carbocycles. The van der Waals surface area contributed by atoms with E-state index in [1.807, 2.05) is 48.5 Å². The van der Waals surface area contributed by atoms with Crippen LogP contribution in [0, 0.1) is 0 Å². The van der Waals surface area contributed by atoms with Gasteiger partial charge in [-0.3, -0.25) is 4.79 Å². The molecule has 0 bridgehead atoms. The summed E-state index contributed by atoms with van der Waals surface area (Å²) in [6.07, 6.45) is 0.793. The maximum absolute atomic E-state index is 12.4. The topological polar surface area (TPSA) is 68.1 Å². The largest absolute Gasteiger partial charge is 0.488 e. The molecular weight excluding hydrogens is 276 g/mol. The van der Waals surface area contributed by atoms with Gasteiger partial charge >= 0.3 is 0 Å². The Hall–Kier alpha value is -2.59. The molecule has 0 aliphatic carbocycles. The van der Waals surface area contributed by atoms with Gasteiger partial charge in [-0.05, 0) is 23.1 Å². The molecule has 1 atom stereocenters. The fourth-order valence-corrected chi connectivity index (χ4v) is 3.03. The van der Waals surface area contributed by atoms with Crippen LogP contribution in [0.3, 0.4) is 0 Å². The molecule has 3 aromatic rings. The van der Waals surface area contributed by atoms with Gasteiger partial charge in [-0.15, -0.1) is 0 Å². The summed E-state index contributed by atoms with van der Waals surface area (Å²) in [5.41, 5.74) is 9.02. The first-order chi connectivity index (χ1) is 10.8. The summed E-state index contributed by atoms with van der Waals surface area (Å²) in [6.45, 7) is 0.474. The Labute approximate surface area is 127 Å². The first kappa shape index (κ1) is 13.1. The summed E-state index contributed by atoms with van der Waals surface area (Å²) in [4.78, 5) is 15.4. The molecule has 2 heterocycles. The van der Waals surface area contributed by atoms with Crippen molar-refractivity contribution in [1.29, 1.82) is 0 Å². The fraction of sp³-hybridized carbons (Fsp3) is 0.167. The summed E-state index contributed by atoms with van der Waals surface area (Å²) in [5.74, 6) is 0.790. The van der Waals surface area contributed by atoms with Gasteiger partial charge in [0, 0.05) is 24.0 Å². The van der Waals surface area contributed by atoms with E-state index < -0.39 is 0 Å². The van der Waals surface area contributed by atoms with E-state index in [-0.39, 0.29) is 11.7 Å². The predicted octanol–water partition coefficient (Wildman–Crippen LogP) is 2.46. The van der Waals surface area contributed by atoms with E-state index in [0.29, 0.717) is 12.1 Å². The molecule has 1 aliphatic rings. The number of rotatable bonds is 2. The fourth-order valence-electron chi connectivity index (χ4n) is 3.03. The van der Waals surface area contributed by atoms with Gasteiger partial charge in [0.1, 0.15) is 11.9 Å². The summed E-state index contributed by atoms with van der Waals surface area (Å²) in [7, 11) is 0. The highest BCUT2D eigenvalue weighted by atomic mass is 16.5. The quantitative estimate of drug-likeness (QED) is 0.762. The summed E-state index contributed by atoms with van der Waals surface area (Å²) in [5, 5.41) is 1.00. The van der Waals surface area contributed by atoms with Crippen LogP contribution >= 0.6 is 0 Å². The van der Waals surface area contributed by atoms with Crippen LogP contribution in [0.15, 0.2) is 53.3 Å². The van der Waals surface area contributed by atoms with Crippen LogP contribution in [-0.4, -0.2) is 17.6 Å². The molecule has 3 N–H and O–H groups in total. The maximum atomic E-state index is 12.4. The van der Waals surface area contributed by atoms with E-state index in [0.717, 1.165) is 34.2 Å². The van der Waals surface area contributed by atoms with E-state index >= 15 is 0 Å². The van der Waals surface area contributed by atoms with Crippen LogP contribution in [0.4, 0.5) is 0 Å². The zero-order valence-electron chi connectivity index (χ0n) is 12.0. The van der Waals surface area contributed by atoms with E-state index in [1.54, 1.807) is 0 Å². The van der Waals surface area contributed by atoms with Crippen molar-refractivity contribution in [1.82, 2.24) is 4.98 Å². The predicted molar refractivity (Wildman–Crippen MR) is 87.2 cm³/mol. The van der Waals surface area contributed by atoms with Crippen molar-refractivity contribution in [2.24, 2.45) is 5.73 Å². The maximum Gasteiger partial charge on any atom is 0.256 e. The molecule has 0 radical (unpaired) electrons. The number of nitrogens with two attached hydrogens (primary N) is 1. The number of H-pyrrole nitrogens is 1. The molecule has 0 spiro atoms. The van der Waals surface area contributed by atoms with Crippen molar-refractivity contribution in [2.45, 2.75) is 12.5 Å². The number of pyridine rings is 1. The highest BCUT2D eigenvalue weighted by Gasteiger charge is 2.25. The number of nitrogens with one attached hydrogen (secondary N) is 1. The zero-order chi connectivity index (χ0) is 15.1. The second-order valence-corrected chi connectivity index (χ2v) is 5.57. The van der Waals surface area contributed by atoms with Crippen LogP contribution in [0.25, 0.3) is 22.0 Å². The van der Waals surface area contributed by atoms with Gasteiger partial charge in [0.05, 0.1) is 5.56 Å². The minimum atomic E-state index is -0.105. The lowest BCUT2D eigenvalue weighted by atomic mass is 10.0. The lowest BCUT2D eigenvalue weighted by Gasteiger charge is -2.11. The van der Waals surface area contributed by atoms with E-state index in [1.165, 1.54) is 0 Å². The number of ether oxygens (including phenoxy) is 1. The third kappa shape index (κ3) is 2.00. The molecule has 4 heteroatoms. The van der Waals surface area contributed by atoms with E-state index in [9.17, 15) is 4.79 Å². The van der Waals surface area contributed by atoms with Gasteiger partial charge in [0.25, 0.3) is 5.56 Å². The van der Waals surface area contributed by atoms with Gasteiger partial charge in [0.15, 0.2) is 0 Å². The highest BCUT2D eigenvalue weighted by Crippen LogP contribution is 2.37. The van der Waals surface area contributed by atoms with E-state index in [2.05, 4.69) is 4.98 Å².